The minimum absolute atomic E-state index is 0.0264. The van der Waals surface area contributed by atoms with E-state index in [1.54, 1.807) is 16.0 Å². The second kappa shape index (κ2) is 8.44. The molecule has 2 N–H and O–H groups in total. The summed E-state index contributed by atoms with van der Waals surface area (Å²) in [6.45, 7) is 2.28. The summed E-state index contributed by atoms with van der Waals surface area (Å²) in [5.41, 5.74) is 2.73. The van der Waals surface area contributed by atoms with Crippen molar-refractivity contribution < 1.29 is 8.42 Å². The highest BCUT2D eigenvalue weighted by molar-refractivity contribution is 7.91. The van der Waals surface area contributed by atoms with Crippen LogP contribution >= 0.6 is 11.3 Å². The summed E-state index contributed by atoms with van der Waals surface area (Å²) >= 11 is 1.55. The number of hydrogen-bond donors (Lipinski definition) is 2. The average Bonchev–Trinajstić information content (AvgIpc) is 3.42. The van der Waals surface area contributed by atoms with Crippen LogP contribution in [0.4, 0.5) is 5.00 Å². The molecule has 0 radical (unpaired) electrons. The Morgan fingerprint density at radius 3 is 2.73 bits per heavy atom. The van der Waals surface area contributed by atoms with Gasteiger partial charge in [-0.15, -0.1) is 16.4 Å². The molecule has 3 heterocycles. The number of anilines is 1. The number of aromatic nitrogens is 4. The number of benzene rings is 1. The molecule has 2 aromatic heterocycles. The van der Waals surface area contributed by atoms with Crippen LogP contribution < -0.4 is 10.6 Å². The fraction of sp³-hybridized carbons (Fsp3) is 0.450. The van der Waals surface area contributed by atoms with Crippen molar-refractivity contribution in [2.24, 2.45) is 7.05 Å². The van der Waals surface area contributed by atoms with E-state index in [9.17, 15) is 8.42 Å². The Bertz CT molecular complexity index is 1110. The van der Waals surface area contributed by atoms with Crippen LogP contribution in [0, 0.1) is 6.92 Å². The number of nitrogens with one attached hydrogen (secondary N) is 2. The Morgan fingerprint density at radius 1 is 1.30 bits per heavy atom. The molecular formula is C20H26N6O2S2. The molecule has 1 fully saturated rings. The van der Waals surface area contributed by atoms with Gasteiger partial charge in [0.25, 0.3) is 0 Å². The SMILES string of the molecule is Cc1nc(-c2ccccc2)c(NCC(C2CCC(c3cn(C)nn3)N2)S(C)(=O)=O)s1. The first-order valence-electron chi connectivity index (χ1n) is 9.89. The smallest absolute Gasteiger partial charge is 0.153 e. The molecule has 1 aliphatic rings. The zero-order valence-electron chi connectivity index (χ0n) is 17.2. The van der Waals surface area contributed by atoms with Gasteiger partial charge in [0.2, 0.25) is 0 Å². The third-order valence-electron chi connectivity index (χ3n) is 5.40. The van der Waals surface area contributed by atoms with Crippen molar-refractivity contribution in [3.05, 3.63) is 47.2 Å². The molecule has 0 spiro atoms. The van der Waals surface area contributed by atoms with Crippen LogP contribution in [-0.2, 0) is 16.9 Å². The third kappa shape index (κ3) is 4.55. The predicted molar refractivity (Wildman–Crippen MR) is 119 cm³/mol. The first-order valence-corrected chi connectivity index (χ1v) is 12.7. The highest BCUT2D eigenvalue weighted by Gasteiger charge is 2.37. The van der Waals surface area contributed by atoms with Crippen LogP contribution in [0.15, 0.2) is 36.5 Å². The van der Waals surface area contributed by atoms with Crippen molar-refractivity contribution in [1.82, 2.24) is 25.3 Å². The highest BCUT2D eigenvalue weighted by Crippen LogP contribution is 2.34. The molecule has 3 aromatic rings. The van der Waals surface area contributed by atoms with Crippen LogP contribution in [0.5, 0.6) is 0 Å². The number of nitrogens with zero attached hydrogens (tertiary/aromatic N) is 4. The fourth-order valence-electron chi connectivity index (χ4n) is 3.95. The molecule has 0 amide bonds. The summed E-state index contributed by atoms with van der Waals surface area (Å²) in [5.74, 6) is 0. The highest BCUT2D eigenvalue weighted by atomic mass is 32.2. The van der Waals surface area contributed by atoms with Gasteiger partial charge in [-0.3, -0.25) is 4.68 Å². The summed E-state index contributed by atoms with van der Waals surface area (Å²) in [6, 6.07) is 9.82. The Morgan fingerprint density at radius 2 is 2.07 bits per heavy atom. The van der Waals surface area contributed by atoms with Gasteiger partial charge in [-0.25, -0.2) is 13.4 Å². The van der Waals surface area contributed by atoms with Gasteiger partial charge in [0.05, 0.1) is 22.0 Å². The van der Waals surface area contributed by atoms with Crippen LogP contribution in [0.25, 0.3) is 11.3 Å². The van der Waals surface area contributed by atoms with E-state index in [2.05, 4.69) is 25.9 Å². The molecule has 8 nitrogen and oxygen atoms in total. The monoisotopic (exact) mass is 446 g/mol. The summed E-state index contributed by atoms with van der Waals surface area (Å²) in [7, 11) is -1.44. The van der Waals surface area contributed by atoms with Gasteiger partial charge in [0.15, 0.2) is 9.84 Å². The van der Waals surface area contributed by atoms with E-state index >= 15 is 0 Å². The molecular weight excluding hydrogens is 420 g/mol. The number of sulfone groups is 1. The van der Waals surface area contributed by atoms with Gasteiger partial charge in [-0.05, 0) is 19.8 Å². The van der Waals surface area contributed by atoms with Gasteiger partial charge in [0.1, 0.15) is 10.7 Å². The van der Waals surface area contributed by atoms with E-state index in [-0.39, 0.29) is 12.1 Å². The topological polar surface area (TPSA) is 102 Å². The summed E-state index contributed by atoms with van der Waals surface area (Å²) in [4.78, 5) is 4.65. The van der Waals surface area contributed by atoms with Crippen LogP contribution in [0.1, 0.15) is 29.6 Å². The van der Waals surface area contributed by atoms with Crippen LogP contribution in [0.3, 0.4) is 0 Å². The molecule has 0 bridgehead atoms. The lowest BCUT2D eigenvalue weighted by atomic mass is 10.1. The molecule has 1 aromatic carbocycles. The molecule has 0 saturated carbocycles. The maximum Gasteiger partial charge on any atom is 0.153 e. The maximum absolute atomic E-state index is 12.6. The lowest BCUT2D eigenvalue weighted by Gasteiger charge is -2.23. The number of hydrogen-bond acceptors (Lipinski definition) is 8. The Kier molecular flexibility index (Phi) is 5.90. The Balaban J connectivity index is 1.51. The second-order valence-electron chi connectivity index (χ2n) is 7.75. The summed E-state index contributed by atoms with van der Waals surface area (Å²) in [6.07, 6.45) is 4.80. The number of aryl methyl sites for hydroxylation is 2. The Labute approximate surface area is 180 Å². The first kappa shape index (κ1) is 21.0. The van der Waals surface area contributed by atoms with Gasteiger partial charge in [-0.1, -0.05) is 35.5 Å². The van der Waals surface area contributed by atoms with E-state index in [4.69, 9.17) is 0 Å². The van der Waals surface area contributed by atoms with Crippen molar-refractivity contribution in [1.29, 1.82) is 0 Å². The molecule has 4 rings (SSSR count). The zero-order chi connectivity index (χ0) is 21.3. The molecule has 0 aliphatic carbocycles. The average molecular weight is 447 g/mol. The molecule has 10 heteroatoms. The van der Waals surface area contributed by atoms with Crippen molar-refractivity contribution in [3.8, 4) is 11.3 Å². The van der Waals surface area contributed by atoms with Gasteiger partial charge >= 0.3 is 0 Å². The summed E-state index contributed by atoms with van der Waals surface area (Å²) in [5, 5.41) is 16.3. The quantitative estimate of drug-likeness (QED) is 0.575. The lowest BCUT2D eigenvalue weighted by Crippen LogP contribution is -2.44. The normalized spacial score (nSPS) is 20.4. The van der Waals surface area contributed by atoms with E-state index in [0.29, 0.717) is 6.54 Å². The maximum atomic E-state index is 12.6. The minimum Gasteiger partial charge on any atom is -0.374 e. The molecule has 160 valence electrons. The van der Waals surface area contributed by atoms with Crippen molar-refractivity contribution in [2.45, 2.75) is 37.1 Å². The third-order valence-corrected chi connectivity index (χ3v) is 7.93. The first-order chi connectivity index (χ1) is 14.3. The molecule has 1 aliphatic heterocycles. The number of thiazole rings is 1. The second-order valence-corrected chi connectivity index (χ2v) is 11.2. The Hall–Kier alpha value is -2.30. The minimum atomic E-state index is -3.27. The van der Waals surface area contributed by atoms with Gasteiger partial charge in [-0.2, -0.15) is 0 Å². The summed E-state index contributed by atoms with van der Waals surface area (Å²) < 4.78 is 26.9. The molecule has 3 unspecified atom stereocenters. The van der Waals surface area contributed by atoms with E-state index < -0.39 is 15.1 Å². The zero-order valence-corrected chi connectivity index (χ0v) is 18.9. The van der Waals surface area contributed by atoms with Crippen molar-refractivity contribution in [3.63, 3.8) is 0 Å². The van der Waals surface area contributed by atoms with E-state index in [1.807, 2.05) is 50.5 Å². The van der Waals surface area contributed by atoms with Crippen LogP contribution in [-0.4, -0.2) is 52.5 Å². The number of rotatable bonds is 7. The predicted octanol–water partition coefficient (Wildman–Crippen LogP) is 2.57. The standard InChI is InChI=1S/C20H26N6O2S2/c1-13-22-19(14-7-5-4-6-8-14)20(29-13)21-11-18(30(3,27)28)16-10-9-15(23-16)17-12-26(2)25-24-17/h4-8,12,15-16,18,21,23H,9-11H2,1-3H3. The van der Waals surface area contributed by atoms with Crippen molar-refractivity contribution >= 4 is 26.2 Å². The lowest BCUT2D eigenvalue weighted by molar-refractivity contribution is 0.506. The largest absolute Gasteiger partial charge is 0.374 e. The van der Waals surface area contributed by atoms with Crippen LogP contribution in [0.2, 0.25) is 0 Å². The molecule has 3 atom stereocenters. The van der Waals surface area contributed by atoms with E-state index in [1.165, 1.54) is 6.26 Å². The van der Waals surface area contributed by atoms with Gasteiger partial charge < -0.3 is 10.6 Å². The van der Waals surface area contributed by atoms with Gasteiger partial charge in [0, 0.05) is 37.7 Å². The fourth-order valence-corrected chi connectivity index (χ4v) is 5.99. The van der Waals surface area contributed by atoms with Crippen molar-refractivity contribution in [2.75, 3.05) is 18.1 Å². The van der Waals surface area contributed by atoms with E-state index in [0.717, 1.165) is 39.8 Å². The molecule has 30 heavy (non-hydrogen) atoms. The molecule has 1 saturated heterocycles.